The van der Waals surface area contributed by atoms with Crippen LogP contribution in [-0.2, 0) is 19.8 Å². The molecule has 20 heavy (non-hydrogen) atoms. The molecule has 0 atom stereocenters. The molecular weight excluding hydrogens is 273 g/mol. The number of nitrogens with zero attached hydrogens (tertiary/aromatic N) is 4. The van der Waals surface area contributed by atoms with Crippen LogP contribution in [0, 0.1) is 11.3 Å². The van der Waals surface area contributed by atoms with Crippen molar-refractivity contribution in [3.8, 4) is 11.8 Å². The normalized spacial score (nSPS) is 11.2. The Balaban J connectivity index is 2.25. The highest BCUT2D eigenvalue weighted by Gasteiger charge is 2.34. The van der Waals surface area contributed by atoms with Gasteiger partial charge in [0.15, 0.2) is 0 Å². The van der Waals surface area contributed by atoms with Gasteiger partial charge in [-0.1, -0.05) is 5.21 Å². The van der Waals surface area contributed by atoms with Gasteiger partial charge in [-0.2, -0.15) is 18.4 Å². The Morgan fingerprint density at radius 2 is 2.15 bits per heavy atom. The fourth-order valence-electron chi connectivity index (χ4n) is 1.56. The highest BCUT2D eigenvalue weighted by molar-refractivity contribution is 5.43. The van der Waals surface area contributed by atoms with Crippen molar-refractivity contribution in [3.63, 3.8) is 0 Å². The van der Waals surface area contributed by atoms with Crippen LogP contribution in [0.3, 0.4) is 0 Å². The highest BCUT2D eigenvalue weighted by Crippen LogP contribution is 2.37. The van der Waals surface area contributed by atoms with E-state index in [4.69, 9.17) is 10.00 Å². The summed E-state index contributed by atoms with van der Waals surface area (Å²) in [6.45, 7) is -0.136. The number of aromatic nitrogens is 3. The molecule has 0 N–H and O–H groups in total. The molecule has 1 aromatic carbocycles. The van der Waals surface area contributed by atoms with Gasteiger partial charge in [-0.15, -0.1) is 5.10 Å². The molecule has 5 nitrogen and oxygen atoms in total. The van der Waals surface area contributed by atoms with Crippen molar-refractivity contribution in [1.29, 1.82) is 5.26 Å². The van der Waals surface area contributed by atoms with E-state index in [0.717, 1.165) is 12.1 Å². The number of nitriles is 1. The van der Waals surface area contributed by atoms with E-state index in [1.54, 1.807) is 13.1 Å². The number of hydrogen-bond acceptors (Lipinski definition) is 4. The lowest BCUT2D eigenvalue weighted by molar-refractivity contribution is -0.139. The van der Waals surface area contributed by atoms with E-state index < -0.39 is 11.7 Å². The molecule has 0 amide bonds. The van der Waals surface area contributed by atoms with Gasteiger partial charge in [-0.3, -0.25) is 4.68 Å². The van der Waals surface area contributed by atoms with E-state index in [1.165, 1.54) is 16.9 Å². The molecule has 0 aliphatic heterocycles. The van der Waals surface area contributed by atoms with Crippen molar-refractivity contribution in [2.24, 2.45) is 7.05 Å². The van der Waals surface area contributed by atoms with Crippen molar-refractivity contribution in [1.82, 2.24) is 15.0 Å². The minimum absolute atomic E-state index is 0.0795. The number of hydrogen-bond donors (Lipinski definition) is 0. The van der Waals surface area contributed by atoms with E-state index in [2.05, 4.69) is 10.3 Å². The van der Waals surface area contributed by atoms with Crippen LogP contribution in [0.1, 0.15) is 16.8 Å². The lowest BCUT2D eigenvalue weighted by atomic mass is 10.1. The number of benzene rings is 1. The van der Waals surface area contributed by atoms with Crippen molar-refractivity contribution >= 4 is 0 Å². The first kappa shape index (κ1) is 13.9. The third-order valence-electron chi connectivity index (χ3n) is 2.44. The summed E-state index contributed by atoms with van der Waals surface area (Å²) in [5.74, 6) is -0.345. The SMILES string of the molecule is Cn1cc(COc2ccc(C#N)cc2C(F)(F)F)nn1. The maximum atomic E-state index is 12.9. The topological polar surface area (TPSA) is 63.7 Å². The summed E-state index contributed by atoms with van der Waals surface area (Å²) in [4.78, 5) is 0. The molecule has 104 valence electrons. The zero-order valence-electron chi connectivity index (χ0n) is 10.3. The molecule has 0 aliphatic carbocycles. The summed E-state index contributed by atoms with van der Waals surface area (Å²) in [7, 11) is 1.64. The molecule has 0 radical (unpaired) electrons. The monoisotopic (exact) mass is 282 g/mol. The van der Waals surface area contributed by atoms with Crippen LogP contribution in [-0.4, -0.2) is 15.0 Å². The average Bonchev–Trinajstić information content (AvgIpc) is 2.81. The van der Waals surface area contributed by atoms with Crippen molar-refractivity contribution in [3.05, 3.63) is 41.2 Å². The van der Waals surface area contributed by atoms with Crippen LogP contribution in [0.25, 0.3) is 0 Å². The van der Waals surface area contributed by atoms with E-state index in [9.17, 15) is 13.2 Å². The molecule has 0 saturated heterocycles. The van der Waals surface area contributed by atoms with E-state index in [-0.39, 0.29) is 17.9 Å². The zero-order chi connectivity index (χ0) is 14.8. The predicted molar refractivity (Wildman–Crippen MR) is 61.5 cm³/mol. The summed E-state index contributed by atoms with van der Waals surface area (Å²) in [6, 6.07) is 4.81. The molecule has 0 unspecified atom stereocenters. The standard InChI is InChI=1S/C12H9F3N4O/c1-19-6-9(17-18-19)7-20-11-3-2-8(5-16)4-10(11)12(13,14)15/h2-4,6H,7H2,1H3. The second kappa shape index (κ2) is 5.21. The Morgan fingerprint density at radius 3 is 2.70 bits per heavy atom. The molecule has 1 aromatic heterocycles. The lowest BCUT2D eigenvalue weighted by Crippen LogP contribution is -2.09. The molecule has 2 aromatic rings. The second-order valence-corrected chi connectivity index (χ2v) is 3.99. The summed E-state index contributed by atoms with van der Waals surface area (Å²) in [6.07, 6.45) is -3.05. The van der Waals surface area contributed by atoms with Gasteiger partial charge in [0.1, 0.15) is 18.1 Å². The van der Waals surface area contributed by atoms with Crippen LogP contribution in [0.2, 0.25) is 0 Å². The molecule has 0 saturated carbocycles. The maximum Gasteiger partial charge on any atom is 0.420 e. The quantitative estimate of drug-likeness (QED) is 0.866. The largest absolute Gasteiger partial charge is 0.487 e. The Labute approximate surface area is 112 Å². The lowest BCUT2D eigenvalue weighted by Gasteiger charge is -2.13. The summed E-state index contributed by atoms with van der Waals surface area (Å²) in [5, 5.41) is 16.0. The minimum Gasteiger partial charge on any atom is -0.487 e. The molecule has 0 spiro atoms. The Kier molecular flexibility index (Phi) is 3.61. The first-order valence-corrected chi connectivity index (χ1v) is 5.49. The molecule has 8 heteroatoms. The number of alkyl halides is 3. The van der Waals surface area contributed by atoms with Gasteiger partial charge >= 0.3 is 6.18 Å². The maximum absolute atomic E-state index is 12.9. The Bertz CT molecular complexity index is 657. The van der Waals surface area contributed by atoms with Crippen LogP contribution >= 0.6 is 0 Å². The fourth-order valence-corrected chi connectivity index (χ4v) is 1.56. The summed E-state index contributed by atoms with van der Waals surface area (Å²) >= 11 is 0. The third kappa shape index (κ3) is 3.06. The average molecular weight is 282 g/mol. The molecular formula is C12H9F3N4O. The van der Waals surface area contributed by atoms with Crippen LogP contribution in [0.4, 0.5) is 13.2 Å². The van der Waals surface area contributed by atoms with Gasteiger partial charge in [-0.25, -0.2) is 0 Å². The van der Waals surface area contributed by atoms with Gasteiger partial charge in [0.25, 0.3) is 0 Å². The number of ether oxygens (including phenoxy) is 1. The van der Waals surface area contributed by atoms with Crippen LogP contribution in [0.5, 0.6) is 5.75 Å². The van der Waals surface area contributed by atoms with Crippen molar-refractivity contribution in [2.45, 2.75) is 12.8 Å². The third-order valence-corrected chi connectivity index (χ3v) is 2.44. The first-order chi connectivity index (χ1) is 9.40. The van der Waals surface area contributed by atoms with Gasteiger partial charge in [0.05, 0.1) is 23.4 Å². The number of rotatable bonds is 3. The van der Waals surface area contributed by atoms with Gasteiger partial charge < -0.3 is 4.74 Å². The molecule has 0 fully saturated rings. The van der Waals surface area contributed by atoms with Gasteiger partial charge in [0, 0.05) is 7.05 Å². The van der Waals surface area contributed by atoms with E-state index >= 15 is 0 Å². The van der Waals surface area contributed by atoms with E-state index in [0.29, 0.717) is 5.69 Å². The predicted octanol–water partition coefficient (Wildman–Crippen LogP) is 2.28. The summed E-state index contributed by atoms with van der Waals surface area (Å²) in [5.41, 5.74) is -0.658. The minimum atomic E-state index is -4.59. The molecule has 1 heterocycles. The fraction of sp³-hybridized carbons (Fsp3) is 0.250. The first-order valence-electron chi connectivity index (χ1n) is 5.49. The highest BCUT2D eigenvalue weighted by atomic mass is 19.4. The Hall–Kier alpha value is -2.56. The van der Waals surface area contributed by atoms with Crippen molar-refractivity contribution in [2.75, 3.05) is 0 Å². The molecule has 0 bridgehead atoms. The van der Waals surface area contributed by atoms with Gasteiger partial charge in [-0.05, 0) is 18.2 Å². The molecule has 0 aliphatic rings. The van der Waals surface area contributed by atoms with Crippen molar-refractivity contribution < 1.29 is 17.9 Å². The zero-order valence-corrected chi connectivity index (χ0v) is 10.3. The second-order valence-electron chi connectivity index (χ2n) is 3.99. The summed E-state index contributed by atoms with van der Waals surface area (Å²) < 4.78 is 45.2. The Morgan fingerprint density at radius 1 is 1.40 bits per heavy atom. The number of halogens is 3. The molecule has 2 rings (SSSR count). The van der Waals surface area contributed by atoms with Crippen LogP contribution < -0.4 is 4.74 Å². The smallest absolute Gasteiger partial charge is 0.420 e. The van der Waals surface area contributed by atoms with Gasteiger partial charge in [0.2, 0.25) is 0 Å². The number of aryl methyl sites for hydroxylation is 1. The van der Waals surface area contributed by atoms with Crippen LogP contribution in [0.15, 0.2) is 24.4 Å². The van der Waals surface area contributed by atoms with E-state index in [1.807, 2.05) is 0 Å².